The van der Waals surface area contributed by atoms with E-state index in [4.69, 9.17) is 11.5 Å². The first kappa shape index (κ1) is 65.2. The molecule has 8 heterocycles. The van der Waals surface area contributed by atoms with Gasteiger partial charge in [-0.3, -0.25) is 52.7 Å². The molecule has 8 aromatic rings. The molecule has 8 aromatic heterocycles. The van der Waals surface area contributed by atoms with Gasteiger partial charge in [-0.25, -0.2) is 4.98 Å². The Morgan fingerprint density at radius 1 is 0.429 bits per heavy atom. The van der Waals surface area contributed by atoms with Crippen molar-refractivity contribution in [2.75, 3.05) is 63.5 Å². The summed E-state index contributed by atoms with van der Waals surface area (Å²) in [5.41, 5.74) is 15.0. The van der Waals surface area contributed by atoms with E-state index in [1.54, 1.807) is 61.7 Å². The van der Waals surface area contributed by atoms with Crippen LogP contribution in [0.15, 0.2) is 98.2 Å². The molecule has 0 saturated carbocycles. The zero-order valence-electron chi connectivity index (χ0n) is 50.6. The molecule has 11 amide bonds. The number of aromatic nitrogens is 9. The Morgan fingerprint density at radius 2 is 0.736 bits per heavy atom. The molecule has 8 rings (SSSR count). The van der Waals surface area contributed by atoms with Crippen molar-refractivity contribution >= 4 is 105 Å². The second kappa shape index (κ2) is 28.4. The van der Waals surface area contributed by atoms with E-state index in [-0.39, 0.29) is 109 Å². The minimum absolute atomic E-state index is 0.00615. The van der Waals surface area contributed by atoms with E-state index in [2.05, 4.69) is 58.2 Å². The van der Waals surface area contributed by atoms with Gasteiger partial charge in [-0.05, 0) is 48.9 Å². The van der Waals surface area contributed by atoms with Gasteiger partial charge in [-0.1, -0.05) is 0 Å². The largest absolute Gasteiger partial charge is 0.395 e. The lowest BCUT2D eigenvalue weighted by Gasteiger charge is -2.12. The van der Waals surface area contributed by atoms with Crippen molar-refractivity contribution in [1.29, 1.82) is 0 Å². The van der Waals surface area contributed by atoms with Crippen LogP contribution in [0.4, 0.5) is 39.8 Å². The second-order valence-electron chi connectivity index (χ2n) is 21.2. The third kappa shape index (κ3) is 16.3. The van der Waals surface area contributed by atoms with Gasteiger partial charge in [0, 0.05) is 144 Å². The van der Waals surface area contributed by atoms with Crippen molar-refractivity contribution in [3.8, 4) is 0 Å². The van der Waals surface area contributed by atoms with Gasteiger partial charge in [-0.2, -0.15) is 0 Å². The second-order valence-corrected chi connectivity index (χ2v) is 21.2. The fraction of sp³-hybridized carbons (Fsp3) is 0.276. The molecule has 33 heteroatoms. The highest BCUT2D eigenvalue weighted by Crippen LogP contribution is 2.23. The average Bonchev–Trinajstić information content (AvgIpc) is 1.79. The van der Waals surface area contributed by atoms with E-state index < -0.39 is 71.0 Å². The molecule has 0 spiro atoms. The highest BCUT2D eigenvalue weighted by Gasteiger charge is 2.24. The number of aryl methyl sites for hydroxylation is 7. The fourth-order valence-electron chi connectivity index (χ4n) is 9.61. The van der Waals surface area contributed by atoms with Crippen LogP contribution >= 0.6 is 0 Å². The summed E-state index contributed by atoms with van der Waals surface area (Å²) in [6.45, 7) is -0.0412. The van der Waals surface area contributed by atoms with Crippen LogP contribution in [-0.2, 0) is 70.3 Å². The smallest absolute Gasteiger partial charge is 0.291 e. The van der Waals surface area contributed by atoms with E-state index in [1.807, 2.05) is 0 Å². The summed E-state index contributed by atoms with van der Waals surface area (Å²) in [6.07, 6.45) is 13.6. The molecule has 15 N–H and O–H groups in total. The molecule has 0 aliphatic heterocycles. The Labute approximate surface area is 518 Å². The standard InChI is InChI=1S/C58H69N21O12/c1-72-25-32(18-40(72)49(60)83)65-47(81)9-12-63-53(86)42-21-36(29-74(42)3)69-57(90)46-24-37(30-78(46)7)70-56(89)45-23-34(27-77(45)6)67-51(84)39(59)8-11-62-52(85)41-20-35(28-73(41)2)68-55(88)44-19-33(26-76(44)5)66-48(82)10-13-64-54(87)43-22-38(31-75(43)4)71-58(91)50-61-14-15-79(50)16-17-80/h14-15,18-31,39,80H,8-13,16-17,59H2,1-7H3,(H2,60,83)(H,62,85)(H,63,86)(H,64,87)(H,65,81)(H,66,82)(H,67,84)(H,68,88)(H,69,90)(H,70,89)(H,71,91)/t39-/m1/s1. The quantitative estimate of drug-likeness (QED) is 0.0341. The number of nitrogens with zero attached hydrogens (tertiary/aromatic N) is 9. The summed E-state index contributed by atoms with van der Waals surface area (Å²) in [6, 6.07) is 9.11. The number of primary amides is 1. The zero-order valence-corrected chi connectivity index (χ0v) is 50.6. The zero-order chi connectivity index (χ0) is 66.0. The molecular formula is C58H69N21O12. The molecular weight excluding hydrogens is 1180 g/mol. The van der Waals surface area contributed by atoms with Crippen LogP contribution in [0.25, 0.3) is 0 Å². The number of carbonyl (C=O) groups is 11. The van der Waals surface area contributed by atoms with Crippen LogP contribution in [0.3, 0.4) is 0 Å². The topological polar surface area (TPSA) is 433 Å². The fourth-order valence-corrected chi connectivity index (χ4v) is 9.61. The van der Waals surface area contributed by atoms with Gasteiger partial charge >= 0.3 is 0 Å². The number of hydrogen-bond donors (Lipinski definition) is 13. The van der Waals surface area contributed by atoms with Crippen LogP contribution in [0.5, 0.6) is 0 Å². The molecule has 0 fully saturated rings. The van der Waals surface area contributed by atoms with E-state index in [0.29, 0.717) is 28.4 Å². The lowest BCUT2D eigenvalue weighted by molar-refractivity contribution is -0.118. The maximum Gasteiger partial charge on any atom is 0.291 e. The first-order valence-electron chi connectivity index (χ1n) is 28.1. The number of carbonyl (C=O) groups excluding carboxylic acids is 11. The average molecular weight is 1250 g/mol. The number of hydrogen-bond acceptors (Lipinski definition) is 14. The highest BCUT2D eigenvalue weighted by atomic mass is 16.3. The van der Waals surface area contributed by atoms with Crippen molar-refractivity contribution < 1.29 is 57.8 Å². The Kier molecular flexibility index (Phi) is 20.4. The first-order chi connectivity index (χ1) is 43.2. The maximum absolute atomic E-state index is 13.5. The molecule has 1 atom stereocenters. The molecule has 0 aliphatic carbocycles. The van der Waals surface area contributed by atoms with Crippen LogP contribution in [0.1, 0.15) is 103 Å². The van der Waals surface area contributed by atoms with Gasteiger partial charge in [-0.15, -0.1) is 0 Å². The van der Waals surface area contributed by atoms with E-state index >= 15 is 0 Å². The summed E-state index contributed by atoms with van der Waals surface area (Å²) in [5.74, 6) is -5.69. The Bertz CT molecular complexity index is 4140. The van der Waals surface area contributed by atoms with Crippen LogP contribution in [-0.4, -0.2) is 144 Å². The van der Waals surface area contributed by atoms with E-state index in [9.17, 15) is 57.8 Å². The van der Waals surface area contributed by atoms with Crippen molar-refractivity contribution in [3.63, 3.8) is 0 Å². The van der Waals surface area contributed by atoms with Crippen LogP contribution < -0.4 is 64.6 Å². The normalized spacial score (nSPS) is 11.3. The number of nitrogens with two attached hydrogens (primary N) is 2. The molecule has 0 aliphatic rings. The van der Waals surface area contributed by atoms with Gasteiger partial charge < -0.3 is 106 Å². The minimum atomic E-state index is -1.08. The molecule has 0 aromatic carbocycles. The van der Waals surface area contributed by atoms with Gasteiger partial charge in [0.05, 0.1) is 52.5 Å². The number of aliphatic hydroxyl groups excluding tert-OH is 1. The van der Waals surface area contributed by atoms with Crippen molar-refractivity contribution in [3.05, 3.63) is 144 Å². The predicted molar refractivity (Wildman–Crippen MR) is 332 cm³/mol. The Balaban J connectivity index is 0.734. The number of amides is 11. The SMILES string of the molecule is Cn1cc(NC(=O)CCNC(=O)c2cc(NC(=O)c3cc(NC(=O)c4cc(NC(=O)[C@H](N)CCNC(=O)c5cc(NC(=O)c6cc(NC(=O)CCNC(=O)c7cc(NC(=O)c8nccn8CCO)cn7C)cn6C)cn5C)cn4C)cn3C)cn2C)cc1C(N)=O. The van der Waals surface area contributed by atoms with Crippen molar-refractivity contribution in [2.45, 2.75) is 31.8 Å². The van der Waals surface area contributed by atoms with Crippen LogP contribution in [0.2, 0.25) is 0 Å². The number of nitrogens with one attached hydrogen (secondary N) is 10. The summed E-state index contributed by atoms with van der Waals surface area (Å²) in [5, 5.41) is 36.3. The molecule has 91 heavy (non-hydrogen) atoms. The van der Waals surface area contributed by atoms with E-state index in [0.717, 1.165) is 0 Å². The predicted octanol–water partition coefficient (Wildman–Crippen LogP) is 0.956. The monoisotopic (exact) mass is 1250 g/mol. The van der Waals surface area contributed by atoms with Gasteiger partial charge in [0.15, 0.2) is 5.82 Å². The maximum atomic E-state index is 13.5. The lowest BCUT2D eigenvalue weighted by Crippen LogP contribution is -2.39. The molecule has 0 bridgehead atoms. The third-order valence-electron chi connectivity index (χ3n) is 14.2. The van der Waals surface area contributed by atoms with Gasteiger partial charge in [0.2, 0.25) is 17.7 Å². The summed E-state index contributed by atoms with van der Waals surface area (Å²) in [7, 11) is 11.3. The van der Waals surface area contributed by atoms with Gasteiger partial charge in [0.1, 0.15) is 39.9 Å². The summed E-state index contributed by atoms with van der Waals surface area (Å²) >= 11 is 0. The number of anilines is 7. The molecule has 0 unspecified atom stereocenters. The van der Waals surface area contributed by atoms with E-state index in [1.165, 1.54) is 122 Å². The number of rotatable bonds is 27. The summed E-state index contributed by atoms with van der Waals surface area (Å²) < 4.78 is 12.0. The van der Waals surface area contributed by atoms with Crippen molar-refractivity contribution in [1.82, 2.24) is 57.5 Å². The first-order valence-corrected chi connectivity index (χ1v) is 28.1. The third-order valence-corrected chi connectivity index (χ3v) is 14.2. The Morgan fingerprint density at radius 3 is 1.09 bits per heavy atom. The number of aliphatic hydroxyl groups is 1. The molecule has 478 valence electrons. The van der Waals surface area contributed by atoms with Crippen molar-refractivity contribution in [2.24, 2.45) is 60.8 Å². The highest BCUT2D eigenvalue weighted by molar-refractivity contribution is 6.09. The van der Waals surface area contributed by atoms with Crippen LogP contribution in [0, 0.1) is 0 Å². The van der Waals surface area contributed by atoms with Gasteiger partial charge in [0.25, 0.3) is 47.3 Å². The lowest BCUT2D eigenvalue weighted by atomic mass is 10.2. The molecule has 0 saturated heterocycles. The molecule has 0 radical (unpaired) electrons. The summed E-state index contributed by atoms with van der Waals surface area (Å²) in [4.78, 5) is 146. The molecule has 33 nitrogen and oxygen atoms in total. The minimum Gasteiger partial charge on any atom is -0.395 e. The Hall–Kier alpha value is -11.7. The number of imidazole rings is 1.